The van der Waals surface area contributed by atoms with Crippen LogP contribution >= 0.6 is 0 Å². The minimum Gasteiger partial charge on any atom is -0.399 e. The highest BCUT2D eigenvalue weighted by Gasteiger charge is 2.51. The van der Waals surface area contributed by atoms with E-state index in [1.807, 2.05) is 6.07 Å². The predicted molar refractivity (Wildman–Crippen MR) is 151 cm³/mol. The average Bonchev–Trinajstić information content (AvgIpc) is 3.34. The van der Waals surface area contributed by atoms with Crippen molar-refractivity contribution in [2.24, 2.45) is 0 Å². The van der Waals surface area contributed by atoms with E-state index in [1.54, 1.807) is 0 Å². The van der Waals surface area contributed by atoms with Crippen LogP contribution in [0.1, 0.15) is 48.6 Å². The molecule has 0 radical (unpaired) electrons. The Balaban J connectivity index is 1.61. The molecule has 5 aromatic carbocycles. The van der Waals surface area contributed by atoms with Gasteiger partial charge in [0.15, 0.2) is 0 Å². The highest BCUT2D eigenvalue weighted by atomic mass is 14.6. The monoisotopic (exact) mass is 463 g/mol. The lowest BCUT2D eigenvalue weighted by molar-refractivity contribution is 0.592. The summed E-state index contributed by atoms with van der Waals surface area (Å²) >= 11 is 0. The van der Waals surface area contributed by atoms with Crippen molar-refractivity contribution in [2.75, 3.05) is 5.73 Å². The smallest absolute Gasteiger partial charge is 0.0726 e. The minimum absolute atomic E-state index is 0.0528. The van der Waals surface area contributed by atoms with E-state index in [9.17, 15) is 0 Å². The van der Waals surface area contributed by atoms with E-state index in [-0.39, 0.29) is 10.8 Å². The predicted octanol–water partition coefficient (Wildman–Crippen LogP) is 8.58. The van der Waals surface area contributed by atoms with Gasteiger partial charge in [-0.3, -0.25) is 0 Å². The lowest BCUT2D eigenvalue weighted by Crippen LogP contribution is -2.26. The van der Waals surface area contributed by atoms with Gasteiger partial charge >= 0.3 is 0 Å². The fourth-order valence-electron chi connectivity index (χ4n) is 6.71. The first kappa shape index (κ1) is 21.2. The van der Waals surface area contributed by atoms with Crippen LogP contribution in [0.25, 0.3) is 33.4 Å². The molecule has 0 amide bonds. The van der Waals surface area contributed by atoms with Gasteiger partial charge in [0.25, 0.3) is 0 Å². The van der Waals surface area contributed by atoms with Gasteiger partial charge in [0, 0.05) is 5.69 Å². The van der Waals surface area contributed by atoms with Gasteiger partial charge < -0.3 is 5.73 Å². The Morgan fingerprint density at radius 2 is 1.00 bits per heavy atom. The number of fused-ring (bicyclic) bond motifs is 10. The molecule has 174 valence electrons. The molecule has 2 N–H and O–H groups in total. The zero-order valence-corrected chi connectivity index (χ0v) is 21.0. The van der Waals surface area contributed by atoms with Gasteiger partial charge in [0.2, 0.25) is 0 Å². The Hall–Kier alpha value is -4.10. The van der Waals surface area contributed by atoms with Crippen molar-refractivity contribution in [1.29, 1.82) is 0 Å². The van der Waals surface area contributed by atoms with Crippen LogP contribution in [-0.2, 0) is 10.8 Å². The first-order valence-corrected chi connectivity index (χ1v) is 12.7. The lowest BCUT2D eigenvalue weighted by Gasteiger charge is -2.31. The van der Waals surface area contributed by atoms with E-state index < -0.39 is 0 Å². The number of anilines is 1. The fraction of sp³-hybridized carbons (Fsp3) is 0.143. The topological polar surface area (TPSA) is 26.0 Å². The van der Waals surface area contributed by atoms with Crippen molar-refractivity contribution in [2.45, 2.75) is 31.6 Å². The van der Waals surface area contributed by atoms with Crippen molar-refractivity contribution >= 4 is 5.69 Å². The highest BCUT2D eigenvalue weighted by Crippen LogP contribution is 2.63. The normalized spacial score (nSPS) is 14.3. The number of benzene rings is 5. The number of hydrogen-bond donors (Lipinski definition) is 1. The molecule has 5 aromatic rings. The van der Waals surface area contributed by atoms with Gasteiger partial charge in [-0.2, -0.15) is 0 Å². The first-order chi connectivity index (χ1) is 17.4. The Kier molecular flexibility index (Phi) is 4.25. The summed E-state index contributed by atoms with van der Waals surface area (Å²) in [5.74, 6) is 0. The average molecular weight is 464 g/mol. The third-order valence-electron chi connectivity index (χ3n) is 8.16. The summed E-state index contributed by atoms with van der Waals surface area (Å²) in [5, 5.41) is 0. The van der Waals surface area contributed by atoms with Crippen LogP contribution in [0.4, 0.5) is 5.69 Å². The van der Waals surface area contributed by atoms with Crippen molar-refractivity contribution in [3.8, 4) is 33.4 Å². The summed E-state index contributed by atoms with van der Waals surface area (Å²) in [6.45, 7) is 6.88. The molecule has 0 saturated carbocycles. The summed E-state index contributed by atoms with van der Waals surface area (Å²) in [6.07, 6.45) is 0. The summed E-state index contributed by atoms with van der Waals surface area (Å²) in [4.78, 5) is 0. The molecule has 2 aliphatic rings. The van der Waals surface area contributed by atoms with Gasteiger partial charge in [0.05, 0.1) is 5.41 Å². The number of nitrogens with two attached hydrogens (primary N) is 1. The molecule has 0 bridgehead atoms. The molecular weight excluding hydrogens is 434 g/mol. The Bertz CT molecular complexity index is 1640. The van der Waals surface area contributed by atoms with Crippen molar-refractivity contribution < 1.29 is 0 Å². The van der Waals surface area contributed by atoms with E-state index in [2.05, 4.69) is 124 Å². The van der Waals surface area contributed by atoms with Crippen LogP contribution in [0.3, 0.4) is 0 Å². The molecule has 0 heterocycles. The third-order valence-corrected chi connectivity index (χ3v) is 8.16. The standard InChI is InChI=1S/C35H29N/c1-34(2,3)29-13-7-4-10-24(29)22-16-18-27-28-19-17-23(36)21-33(28)35(32(27)20-22)30-14-8-5-11-25(30)26-12-6-9-15-31(26)35/h4-21H,36H2,1-3H3. The van der Waals surface area contributed by atoms with Crippen LogP contribution < -0.4 is 5.73 Å². The summed E-state index contributed by atoms with van der Waals surface area (Å²) in [6, 6.07) is 40.2. The molecule has 0 saturated heterocycles. The molecule has 0 unspecified atom stereocenters. The van der Waals surface area contributed by atoms with E-state index >= 15 is 0 Å². The Labute approximate surface area is 213 Å². The molecule has 1 nitrogen and oxygen atoms in total. The molecule has 2 aliphatic carbocycles. The van der Waals surface area contributed by atoms with Crippen molar-refractivity contribution in [3.05, 3.63) is 137 Å². The highest BCUT2D eigenvalue weighted by molar-refractivity contribution is 5.96. The number of rotatable bonds is 1. The SMILES string of the molecule is CC(C)(C)c1ccccc1-c1ccc2c(c1)C1(c3ccccc3-c3ccccc31)c1cc(N)ccc1-2. The van der Waals surface area contributed by atoms with E-state index in [1.165, 1.54) is 61.2 Å². The van der Waals surface area contributed by atoms with Crippen LogP contribution in [0.2, 0.25) is 0 Å². The minimum atomic E-state index is -0.375. The zero-order valence-electron chi connectivity index (χ0n) is 21.0. The maximum atomic E-state index is 6.45. The molecule has 0 atom stereocenters. The molecule has 0 aromatic heterocycles. The quantitative estimate of drug-likeness (QED) is 0.242. The fourth-order valence-corrected chi connectivity index (χ4v) is 6.71. The van der Waals surface area contributed by atoms with Crippen molar-refractivity contribution in [3.63, 3.8) is 0 Å². The summed E-state index contributed by atoms with van der Waals surface area (Å²) in [5.41, 5.74) is 21.4. The van der Waals surface area contributed by atoms with Crippen molar-refractivity contribution in [1.82, 2.24) is 0 Å². The van der Waals surface area contributed by atoms with E-state index in [0.29, 0.717) is 0 Å². The van der Waals surface area contributed by atoms with Crippen LogP contribution in [0, 0.1) is 0 Å². The van der Waals surface area contributed by atoms with Crippen LogP contribution in [-0.4, -0.2) is 0 Å². The largest absolute Gasteiger partial charge is 0.399 e. The van der Waals surface area contributed by atoms with E-state index in [0.717, 1.165) is 5.69 Å². The maximum Gasteiger partial charge on any atom is 0.0726 e. The number of hydrogen-bond acceptors (Lipinski definition) is 1. The molecule has 1 heteroatoms. The summed E-state index contributed by atoms with van der Waals surface area (Å²) < 4.78 is 0. The lowest BCUT2D eigenvalue weighted by atomic mass is 9.70. The Morgan fingerprint density at radius 3 is 1.64 bits per heavy atom. The van der Waals surface area contributed by atoms with E-state index in [4.69, 9.17) is 5.73 Å². The maximum absolute atomic E-state index is 6.45. The second kappa shape index (κ2) is 7.21. The van der Waals surface area contributed by atoms with Gasteiger partial charge in [-0.05, 0) is 84.8 Å². The molecule has 0 fully saturated rings. The first-order valence-electron chi connectivity index (χ1n) is 12.7. The van der Waals surface area contributed by atoms with Gasteiger partial charge in [-0.25, -0.2) is 0 Å². The van der Waals surface area contributed by atoms with Gasteiger partial charge in [0.1, 0.15) is 0 Å². The van der Waals surface area contributed by atoms with Crippen LogP contribution in [0.15, 0.2) is 109 Å². The second-order valence-corrected chi connectivity index (χ2v) is 11.2. The van der Waals surface area contributed by atoms with Crippen LogP contribution in [0.5, 0.6) is 0 Å². The molecular formula is C35H29N. The molecule has 36 heavy (non-hydrogen) atoms. The zero-order chi connectivity index (χ0) is 24.7. The third kappa shape index (κ3) is 2.66. The molecule has 7 rings (SSSR count). The second-order valence-electron chi connectivity index (χ2n) is 11.2. The van der Waals surface area contributed by atoms with Gasteiger partial charge in [-0.15, -0.1) is 0 Å². The Morgan fingerprint density at radius 1 is 0.500 bits per heavy atom. The molecule has 0 aliphatic heterocycles. The number of nitrogen functional groups attached to an aromatic ring is 1. The summed E-state index contributed by atoms with van der Waals surface area (Å²) in [7, 11) is 0. The molecule has 1 spiro atoms. The van der Waals surface area contributed by atoms with Gasteiger partial charge in [-0.1, -0.05) is 112 Å².